The van der Waals surface area contributed by atoms with E-state index in [-0.39, 0.29) is 18.0 Å². The second kappa shape index (κ2) is 9.34. The standard InChI is InChI=1S/C24H24FN5O4/c1-14(2)22-18-12-26-30(17-8-5-15(25)6-9-17)23(18)24(32)29(28-22)13-21(31)27-16-7-10-19(33-3)20(11-16)34-4/h5-12,14H,13H2,1-4H3,(H,27,31). The average molecular weight is 465 g/mol. The Balaban J connectivity index is 1.72. The van der Waals surface area contributed by atoms with Crippen LogP contribution in [-0.2, 0) is 11.3 Å². The van der Waals surface area contributed by atoms with Crippen LogP contribution in [0.3, 0.4) is 0 Å². The first-order valence-corrected chi connectivity index (χ1v) is 10.6. The minimum atomic E-state index is -0.483. The summed E-state index contributed by atoms with van der Waals surface area (Å²) in [6, 6.07) is 10.6. The molecule has 0 radical (unpaired) electrons. The van der Waals surface area contributed by atoms with E-state index >= 15 is 0 Å². The molecule has 0 saturated heterocycles. The maximum atomic E-state index is 13.4. The molecule has 1 amide bonds. The van der Waals surface area contributed by atoms with Crippen LogP contribution in [0, 0.1) is 5.82 Å². The van der Waals surface area contributed by atoms with Crippen molar-refractivity contribution in [1.82, 2.24) is 19.6 Å². The van der Waals surface area contributed by atoms with Crippen LogP contribution in [0.25, 0.3) is 16.6 Å². The Labute approximate surface area is 194 Å². The van der Waals surface area contributed by atoms with Crippen LogP contribution in [0.2, 0.25) is 0 Å². The molecule has 34 heavy (non-hydrogen) atoms. The molecule has 0 fully saturated rings. The van der Waals surface area contributed by atoms with Crippen LogP contribution in [0.4, 0.5) is 10.1 Å². The van der Waals surface area contributed by atoms with Crippen molar-refractivity contribution in [2.45, 2.75) is 26.3 Å². The molecule has 0 saturated carbocycles. The predicted molar refractivity (Wildman–Crippen MR) is 125 cm³/mol. The Kier molecular flexibility index (Phi) is 6.31. The van der Waals surface area contributed by atoms with Gasteiger partial charge in [0, 0.05) is 17.1 Å². The Morgan fingerprint density at radius 3 is 2.44 bits per heavy atom. The summed E-state index contributed by atoms with van der Waals surface area (Å²) in [5.74, 6) is 0.119. The van der Waals surface area contributed by atoms with Gasteiger partial charge in [0.2, 0.25) is 5.91 Å². The Morgan fingerprint density at radius 2 is 1.79 bits per heavy atom. The first-order valence-electron chi connectivity index (χ1n) is 10.6. The number of carbonyl (C=O) groups excluding carboxylic acids is 1. The number of anilines is 1. The maximum absolute atomic E-state index is 13.4. The van der Waals surface area contributed by atoms with Gasteiger partial charge < -0.3 is 14.8 Å². The summed E-state index contributed by atoms with van der Waals surface area (Å²) in [6.45, 7) is 3.57. The molecule has 2 heterocycles. The number of hydrogen-bond donors (Lipinski definition) is 1. The summed E-state index contributed by atoms with van der Waals surface area (Å²) in [4.78, 5) is 26.1. The highest BCUT2D eigenvalue weighted by Gasteiger charge is 2.20. The number of carbonyl (C=O) groups is 1. The lowest BCUT2D eigenvalue weighted by Gasteiger charge is -2.13. The molecule has 0 unspecified atom stereocenters. The number of amides is 1. The highest BCUT2D eigenvalue weighted by atomic mass is 19.1. The summed E-state index contributed by atoms with van der Waals surface area (Å²) in [6.07, 6.45) is 1.57. The van der Waals surface area contributed by atoms with Crippen LogP contribution >= 0.6 is 0 Å². The van der Waals surface area contributed by atoms with Gasteiger partial charge in [0.05, 0.1) is 31.8 Å². The monoisotopic (exact) mass is 465 g/mol. The summed E-state index contributed by atoms with van der Waals surface area (Å²) < 4.78 is 26.4. The van der Waals surface area contributed by atoms with Crippen molar-refractivity contribution in [3.63, 3.8) is 0 Å². The number of halogens is 1. The van der Waals surface area contributed by atoms with E-state index in [1.165, 1.54) is 43.2 Å². The molecule has 0 aliphatic carbocycles. The van der Waals surface area contributed by atoms with E-state index in [1.54, 1.807) is 24.4 Å². The van der Waals surface area contributed by atoms with Crippen LogP contribution in [0.5, 0.6) is 11.5 Å². The van der Waals surface area contributed by atoms with Crippen molar-refractivity contribution >= 4 is 22.5 Å². The van der Waals surface area contributed by atoms with E-state index in [1.807, 2.05) is 13.8 Å². The number of nitrogens with zero attached hydrogens (tertiary/aromatic N) is 4. The molecule has 9 nitrogen and oxygen atoms in total. The molecule has 0 spiro atoms. The third kappa shape index (κ3) is 4.34. The van der Waals surface area contributed by atoms with Gasteiger partial charge in [-0.3, -0.25) is 9.59 Å². The fourth-order valence-corrected chi connectivity index (χ4v) is 3.66. The molecule has 4 rings (SSSR count). The van der Waals surface area contributed by atoms with Gasteiger partial charge in [-0.1, -0.05) is 13.8 Å². The van der Waals surface area contributed by atoms with Gasteiger partial charge in [-0.05, 0) is 42.3 Å². The Hall–Kier alpha value is -4.21. The summed E-state index contributed by atoms with van der Waals surface area (Å²) in [5.41, 5.74) is 1.42. The number of nitrogens with one attached hydrogen (secondary N) is 1. The van der Waals surface area contributed by atoms with E-state index in [0.717, 1.165) is 4.68 Å². The molecule has 0 aliphatic heterocycles. The van der Waals surface area contributed by atoms with E-state index in [0.29, 0.717) is 34.0 Å². The predicted octanol–water partition coefficient (Wildman–Crippen LogP) is 3.50. The Morgan fingerprint density at radius 1 is 1.09 bits per heavy atom. The SMILES string of the molecule is COc1ccc(NC(=O)Cn2nc(C(C)C)c3cnn(-c4ccc(F)cc4)c3c2=O)cc1OC. The normalized spacial score (nSPS) is 11.1. The quantitative estimate of drug-likeness (QED) is 0.448. The van der Waals surface area contributed by atoms with Crippen molar-refractivity contribution < 1.29 is 18.7 Å². The molecule has 4 aromatic rings. The van der Waals surface area contributed by atoms with Crippen LogP contribution in [-0.4, -0.2) is 39.7 Å². The lowest BCUT2D eigenvalue weighted by molar-refractivity contribution is -0.117. The number of benzene rings is 2. The molecule has 0 aliphatic rings. The molecule has 2 aromatic heterocycles. The highest BCUT2D eigenvalue weighted by Crippen LogP contribution is 2.29. The number of rotatable bonds is 7. The van der Waals surface area contributed by atoms with Crippen LogP contribution in [0.15, 0.2) is 53.5 Å². The zero-order chi connectivity index (χ0) is 24.4. The Bertz CT molecular complexity index is 1410. The zero-order valence-corrected chi connectivity index (χ0v) is 19.2. The van der Waals surface area contributed by atoms with Crippen LogP contribution < -0.4 is 20.3 Å². The van der Waals surface area contributed by atoms with Gasteiger partial charge in [-0.15, -0.1) is 0 Å². The summed E-state index contributed by atoms with van der Waals surface area (Å²) in [7, 11) is 3.02. The smallest absolute Gasteiger partial charge is 0.293 e. The minimum absolute atomic E-state index is 0.0332. The highest BCUT2D eigenvalue weighted by molar-refractivity contribution is 5.91. The van der Waals surface area contributed by atoms with Crippen molar-refractivity contribution in [1.29, 1.82) is 0 Å². The first-order chi connectivity index (χ1) is 16.3. The average Bonchev–Trinajstić information content (AvgIpc) is 3.26. The molecule has 176 valence electrons. The van der Waals surface area contributed by atoms with Crippen LogP contribution in [0.1, 0.15) is 25.5 Å². The summed E-state index contributed by atoms with van der Waals surface area (Å²) >= 11 is 0. The first kappa shape index (κ1) is 23.0. The van der Waals surface area contributed by atoms with E-state index in [9.17, 15) is 14.0 Å². The van der Waals surface area contributed by atoms with Gasteiger partial charge in [-0.2, -0.15) is 10.2 Å². The van der Waals surface area contributed by atoms with Crippen molar-refractivity contribution in [3.05, 3.63) is 70.5 Å². The summed E-state index contributed by atoms with van der Waals surface area (Å²) in [5, 5.41) is 12.1. The number of ether oxygens (including phenoxy) is 2. The lowest BCUT2D eigenvalue weighted by atomic mass is 10.1. The molecular weight excluding hydrogens is 441 g/mol. The van der Waals surface area contributed by atoms with Gasteiger partial charge >= 0.3 is 0 Å². The molecule has 2 aromatic carbocycles. The fraction of sp³-hybridized carbons (Fsp3) is 0.250. The topological polar surface area (TPSA) is 100 Å². The van der Waals surface area contributed by atoms with E-state index in [4.69, 9.17) is 9.47 Å². The molecular formula is C24H24FN5O4. The van der Waals surface area contributed by atoms with Crippen molar-refractivity contribution in [2.24, 2.45) is 0 Å². The number of aromatic nitrogens is 4. The fourth-order valence-electron chi connectivity index (χ4n) is 3.66. The molecule has 10 heteroatoms. The van der Waals surface area contributed by atoms with Crippen molar-refractivity contribution in [2.75, 3.05) is 19.5 Å². The number of methoxy groups -OCH3 is 2. The van der Waals surface area contributed by atoms with Gasteiger partial charge in [0.1, 0.15) is 17.9 Å². The zero-order valence-electron chi connectivity index (χ0n) is 19.2. The third-order valence-corrected chi connectivity index (χ3v) is 5.29. The van der Waals surface area contributed by atoms with Crippen molar-refractivity contribution in [3.8, 4) is 17.2 Å². The largest absolute Gasteiger partial charge is 0.493 e. The second-order valence-corrected chi connectivity index (χ2v) is 7.92. The maximum Gasteiger partial charge on any atom is 0.293 e. The minimum Gasteiger partial charge on any atom is -0.493 e. The molecule has 1 N–H and O–H groups in total. The van der Waals surface area contributed by atoms with Gasteiger partial charge in [0.15, 0.2) is 11.5 Å². The number of hydrogen-bond acceptors (Lipinski definition) is 6. The molecule has 0 bridgehead atoms. The second-order valence-electron chi connectivity index (χ2n) is 7.92. The van der Waals surface area contributed by atoms with Gasteiger partial charge in [0.25, 0.3) is 5.56 Å². The van der Waals surface area contributed by atoms with E-state index in [2.05, 4.69) is 15.5 Å². The number of fused-ring (bicyclic) bond motifs is 1. The molecule has 0 atom stereocenters. The third-order valence-electron chi connectivity index (χ3n) is 5.29. The lowest BCUT2D eigenvalue weighted by Crippen LogP contribution is -2.31. The van der Waals surface area contributed by atoms with Gasteiger partial charge in [-0.25, -0.2) is 13.8 Å². The van der Waals surface area contributed by atoms with E-state index < -0.39 is 17.3 Å².